The Balaban J connectivity index is 2.13. The molecule has 0 aliphatic carbocycles. The number of anilines is 1. The van der Waals surface area contributed by atoms with Crippen LogP contribution in [0.4, 0.5) is 5.69 Å². The summed E-state index contributed by atoms with van der Waals surface area (Å²) in [4.78, 5) is 15.2. The summed E-state index contributed by atoms with van der Waals surface area (Å²) in [6, 6.07) is 4.02. The number of rotatable bonds is 5. The second-order valence-corrected chi connectivity index (χ2v) is 5.34. The molecular weight excluding hydrogens is 260 g/mol. The van der Waals surface area contributed by atoms with Crippen LogP contribution in [-0.2, 0) is 6.42 Å². The van der Waals surface area contributed by atoms with Gasteiger partial charge in [0.25, 0.3) is 0 Å². The average Bonchev–Trinajstić information content (AvgIpc) is 2.81. The third-order valence-electron chi connectivity index (χ3n) is 2.79. The van der Waals surface area contributed by atoms with Crippen molar-refractivity contribution in [3.05, 3.63) is 45.9 Å². The van der Waals surface area contributed by atoms with Gasteiger partial charge in [0.05, 0.1) is 5.69 Å². The molecule has 1 atom stereocenters. The summed E-state index contributed by atoms with van der Waals surface area (Å²) < 4.78 is 0. The number of hydrogen-bond acceptors (Lipinski definition) is 4. The monoisotopic (exact) mass is 276 g/mol. The van der Waals surface area contributed by atoms with Gasteiger partial charge in [0.1, 0.15) is 5.56 Å². The molecule has 2 aromatic heterocycles. The van der Waals surface area contributed by atoms with Gasteiger partial charge in [-0.05, 0) is 48.7 Å². The lowest BCUT2D eigenvalue weighted by atomic mass is 10.1. The second-order valence-electron chi connectivity index (χ2n) is 4.56. The van der Waals surface area contributed by atoms with E-state index in [9.17, 15) is 4.79 Å². The lowest BCUT2D eigenvalue weighted by Crippen LogP contribution is -2.20. The molecule has 0 fully saturated rings. The zero-order chi connectivity index (χ0) is 13.8. The molecule has 0 saturated carbocycles. The van der Waals surface area contributed by atoms with E-state index in [1.807, 2.05) is 19.2 Å². The van der Waals surface area contributed by atoms with Crippen molar-refractivity contribution < 1.29 is 9.90 Å². The van der Waals surface area contributed by atoms with Crippen molar-refractivity contribution in [3.63, 3.8) is 0 Å². The van der Waals surface area contributed by atoms with Gasteiger partial charge in [0.2, 0.25) is 0 Å². The first kappa shape index (κ1) is 13.5. The van der Waals surface area contributed by atoms with Gasteiger partial charge in [0.15, 0.2) is 0 Å². The lowest BCUT2D eigenvalue weighted by Gasteiger charge is -2.16. The van der Waals surface area contributed by atoms with Crippen LogP contribution in [0.5, 0.6) is 0 Å². The van der Waals surface area contributed by atoms with Gasteiger partial charge in [-0.1, -0.05) is 0 Å². The van der Waals surface area contributed by atoms with E-state index in [1.165, 1.54) is 11.8 Å². The van der Waals surface area contributed by atoms with Crippen molar-refractivity contribution in [2.45, 2.75) is 26.3 Å². The van der Waals surface area contributed by atoms with Crippen molar-refractivity contribution in [3.8, 4) is 0 Å². The zero-order valence-electron chi connectivity index (χ0n) is 10.9. The average molecular weight is 276 g/mol. The van der Waals surface area contributed by atoms with Crippen LogP contribution in [0.25, 0.3) is 0 Å². The van der Waals surface area contributed by atoms with Crippen LogP contribution in [0.1, 0.15) is 28.5 Å². The highest BCUT2D eigenvalue weighted by Gasteiger charge is 2.13. The number of carboxylic acid groups (broad SMARTS) is 1. The normalized spacial score (nSPS) is 12.1. The Hall–Kier alpha value is -1.88. The van der Waals surface area contributed by atoms with Gasteiger partial charge in [-0.25, -0.2) is 4.79 Å². The summed E-state index contributed by atoms with van der Waals surface area (Å²) in [6.07, 6.45) is 2.27. The smallest absolute Gasteiger partial charge is 0.339 e. The van der Waals surface area contributed by atoms with E-state index in [-0.39, 0.29) is 11.6 Å². The molecule has 0 radical (unpaired) electrons. The van der Waals surface area contributed by atoms with Gasteiger partial charge in [-0.15, -0.1) is 0 Å². The number of aromatic carboxylic acids is 1. The van der Waals surface area contributed by atoms with E-state index in [1.54, 1.807) is 17.4 Å². The Morgan fingerprint density at radius 1 is 1.58 bits per heavy atom. The molecule has 0 amide bonds. The second kappa shape index (κ2) is 5.84. The van der Waals surface area contributed by atoms with Crippen LogP contribution >= 0.6 is 11.3 Å². The molecule has 2 heterocycles. The molecule has 2 aromatic rings. The summed E-state index contributed by atoms with van der Waals surface area (Å²) in [6.45, 7) is 3.89. The lowest BCUT2D eigenvalue weighted by molar-refractivity contribution is 0.0697. The summed E-state index contributed by atoms with van der Waals surface area (Å²) >= 11 is 1.67. The van der Waals surface area contributed by atoms with Gasteiger partial charge in [0, 0.05) is 17.9 Å². The molecule has 2 N–H and O–H groups in total. The number of hydrogen-bond donors (Lipinski definition) is 2. The maximum absolute atomic E-state index is 11.2. The number of aromatic nitrogens is 1. The third kappa shape index (κ3) is 3.54. The molecule has 4 nitrogen and oxygen atoms in total. The number of aryl methyl sites for hydroxylation is 1. The Morgan fingerprint density at radius 3 is 3.00 bits per heavy atom. The number of carbonyl (C=O) groups is 1. The van der Waals surface area contributed by atoms with E-state index >= 15 is 0 Å². The molecule has 100 valence electrons. The van der Waals surface area contributed by atoms with Crippen LogP contribution < -0.4 is 5.32 Å². The summed E-state index contributed by atoms with van der Waals surface area (Å²) in [5.74, 6) is -0.960. The highest BCUT2D eigenvalue weighted by atomic mass is 32.1. The van der Waals surface area contributed by atoms with Crippen molar-refractivity contribution in [2.24, 2.45) is 0 Å². The number of thiophene rings is 1. The predicted octanol–water partition coefficient (Wildman–Crippen LogP) is 3.19. The third-order valence-corrected chi connectivity index (χ3v) is 3.53. The van der Waals surface area contributed by atoms with Gasteiger partial charge in [-0.2, -0.15) is 11.3 Å². The van der Waals surface area contributed by atoms with Crippen molar-refractivity contribution >= 4 is 23.0 Å². The van der Waals surface area contributed by atoms with Crippen LogP contribution in [0, 0.1) is 6.92 Å². The first-order chi connectivity index (χ1) is 9.06. The minimum absolute atomic E-state index is 0.162. The molecule has 5 heteroatoms. The molecule has 0 spiro atoms. The summed E-state index contributed by atoms with van der Waals surface area (Å²) in [7, 11) is 0. The Labute approximate surface area is 116 Å². The molecule has 0 bridgehead atoms. The van der Waals surface area contributed by atoms with E-state index in [4.69, 9.17) is 5.11 Å². The van der Waals surface area contributed by atoms with Crippen molar-refractivity contribution in [2.75, 3.05) is 5.32 Å². The maximum Gasteiger partial charge on any atom is 0.339 e. The standard InChI is InChI=1S/C14H16N2O2S/c1-9-6-13(12(7-15-9)14(17)18)16-10(2)5-11-3-4-19-8-11/h3-4,6-8,10H,5H2,1-2H3,(H,15,16)(H,17,18). The fourth-order valence-electron chi connectivity index (χ4n) is 1.93. The minimum atomic E-state index is -0.960. The molecule has 1 unspecified atom stereocenters. The Morgan fingerprint density at radius 2 is 2.37 bits per heavy atom. The maximum atomic E-state index is 11.2. The van der Waals surface area contributed by atoms with Gasteiger partial charge in [-0.3, -0.25) is 4.98 Å². The summed E-state index contributed by atoms with van der Waals surface area (Å²) in [5.41, 5.74) is 2.90. The SMILES string of the molecule is Cc1cc(NC(C)Cc2ccsc2)c(C(=O)O)cn1. The van der Waals surface area contributed by atoms with Crippen LogP contribution in [0.3, 0.4) is 0 Å². The van der Waals surface area contributed by atoms with E-state index in [0.29, 0.717) is 5.69 Å². The Bertz CT molecular complexity index is 567. The van der Waals surface area contributed by atoms with E-state index in [0.717, 1.165) is 12.1 Å². The van der Waals surface area contributed by atoms with Crippen LogP contribution in [0.15, 0.2) is 29.1 Å². The molecule has 0 aliphatic rings. The first-order valence-corrected chi connectivity index (χ1v) is 6.98. The van der Waals surface area contributed by atoms with Gasteiger partial charge < -0.3 is 10.4 Å². The quantitative estimate of drug-likeness (QED) is 0.880. The molecule has 19 heavy (non-hydrogen) atoms. The van der Waals surface area contributed by atoms with Crippen molar-refractivity contribution in [1.29, 1.82) is 0 Å². The topological polar surface area (TPSA) is 62.2 Å². The van der Waals surface area contributed by atoms with Crippen molar-refractivity contribution in [1.82, 2.24) is 4.98 Å². The fraction of sp³-hybridized carbons (Fsp3) is 0.286. The molecular formula is C14H16N2O2S. The molecule has 2 rings (SSSR count). The van der Waals surface area contributed by atoms with Crippen LogP contribution in [-0.4, -0.2) is 22.1 Å². The molecule has 0 aromatic carbocycles. The number of nitrogens with zero attached hydrogens (tertiary/aromatic N) is 1. The fourth-order valence-corrected chi connectivity index (χ4v) is 2.61. The minimum Gasteiger partial charge on any atom is -0.478 e. The van der Waals surface area contributed by atoms with E-state index < -0.39 is 5.97 Å². The number of pyridine rings is 1. The largest absolute Gasteiger partial charge is 0.478 e. The molecule has 0 saturated heterocycles. The number of carboxylic acids is 1. The molecule has 0 aliphatic heterocycles. The predicted molar refractivity (Wildman–Crippen MR) is 77.0 cm³/mol. The zero-order valence-corrected chi connectivity index (χ0v) is 11.7. The highest BCUT2D eigenvalue weighted by Crippen LogP contribution is 2.18. The van der Waals surface area contributed by atoms with Gasteiger partial charge >= 0.3 is 5.97 Å². The van der Waals surface area contributed by atoms with Crippen LogP contribution in [0.2, 0.25) is 0 Å². The summed E-state index contributed by atoms with van der Waals surface area (Å²) in [5, 5.41) is 16.6. The first-order valence-electron chi connectivity index (χ1n) is 6.04. The Kier molecular flexibility index (Phi) is 4.16. The highest BCUT2D eigenvalue weighted by molar-refractivity contribution is 7.07. The number of nitrogens with one attached hydrogen (secondary N) is 1. The van der Waals surface area contributed by atoms with E-state index in [2.05, 4.69) is 21.7 Å².